The van der Waals surface area contributed by atoms with E-state index in [4.69, 9.17) is 16.3 Å². The molecule has 132 valence electrons. The minimum absolute atomic E-state index is 0.230. The molecule has 1 amide bonds. The molecule has 1 aliphatic heterocycles. The Morgan fingerprint density at radius 2 is 2.04 bits per heavy atom. The Hall–Kier alpha value is -2.18. The molecule has 1 aromatic carbocycles. The third kappa shape index (κ3) is 5.41. The maximum Gasteiger partial charge on any atom is 0.271 e. The molecule has 1 unspecified atom stereocenters. The molecule has 1 saturated heterocycles. The first kappa shape index (κ1) is 17.6. The summed E-state index contributed by atoms with van der Waals surface area (Å²) in [6.45, 7) is 2.07. The molecule has 2 heterocycles. The Labute approximate surface area is 151 Å². The Bertz CT molecular complexity index is 685. The number of carbonyl (C=O) groups excluding carboxylic acids is 1. The van der Waals surface area contributed by atoms with Crippen LogP contribution in [-0.4, -0.2) is 41.9 Å². The van der Waals surface area contributed by atoms with Crippen molar-refractivity contribution in [3.05, 3.63) is 52.7 Å². The van der Waals surface area contributed by atoms with Crippen LogP contribution in [0.3, 0.4) is 0 Å². The number of rotatable bonds is 7. The molecule has 7 heteroatoms. The Balaban J connectivity index is 1.42. The van der Waals surface area contributed by atoms with E-state index < -0.39 is 0 Å². The molecule has 0 radical (unpaired) electrons. The molecule has 3 rings (SSSR count). The van der Waals surface area contributed by atoms with E-state index in [1.54, 1.807) is 12.1 Å². The van der Waals surface area contributed by atoms with Crippen LogP contribution in [0.2, 0.25) is 5.02 Å². The number of benzene rings is 1. The highest BCUT2D eigenvalue weighted by Gasteiger charge is 2.15. The van der Waals surface area contributed by atoms with E-state index in [1.807, 2.05) is 24.3 Å². The smallest absolute Gasteiger partial charge is 0.271 e. The highest BCUT2D eigenvalue weighted by molar-refractivity contribution is 6.30. The zero-order chi connectivity index (χ0) is 17.5. The van der Waals surface area contributed by atoms with Crippen molar-refractivity contribution in [2.45, 2.75) is 25.4 Å². The first-order valence-corrected chi connectivity index (χ1v) is 8.80. The van der Waals surface area contributed by atoms with Gasteiger partial charge in [0.2, 0.25) is 0 Å². The lowest BCUT2D eigenvalue weighted by molar-refractivity contribution is 0.0948. The van der Waals surface area contributed by atoms with Crippen molar-refractivity contribution in [3.63, 3.8) is 0 Å². The van der Waals surface area contributed by atoms with Crippen LogP contribution in [0, 0.1) is 0 Å². The molecule has 6 nitrogen and oxygen atoms in total. The Kier molecular flexibility index (Phi) is 6.19. The summed E-state index contributed by atoms with van der Waals surface area (Å²) in [4.78, 5) is 12.1. The predicted molar refractivity (Wildman–Crippen MR) is 97.0 cm³/mol. The summed E-state index contributed by atoms with van der Waals surface area (Å²) in [7, 11) is 0. The molecule has 2 N–H and O–H groups in total. The second kappa shape index (κ2) is 8.78. The van der Waals surface area contributed by atoms with Gasteiger partial charge in [0.25, 0.3) is 5.91 Å². The van der Waals surface area contributed by atoms with Gasteiger partial charge in [-0.25, -0.2) is 0 Å². The van der Waals surface area contributed by atoms with Crippen molar-refractivity contribution in [2.75, 3.05) is 25.0 Å². The SMILES string of the molecule is O=C(NCCc1ccc(Cl)cc1)c1ccc(NCC2CCCO2)nn1. The molecule has 25 heavy (non-hydrogen) atoms. The zero-order valence-electron chi connectivity index (χ0n) is 13.9. The third-order valence-electron chi connectivity index (χ3n) is 4.04. The van der Waals surface area contributed by atoms with Gasteiger partial charge in [0.15, 0.2) is 5.69 Å². The zero-order valence-corrected chi connectivity index (χ0v) is 14.6. The van der Waals surface area contributed by atoms with E-state index in [9.17, 15) is 4.79 Å². The second-order valence-corrected chi connectivity index (χ2v) is 6.39. The number of nitrogens with zero attached hydrogens (tertiary/aromatic N) is 2. The third-order valence-corrected chi connectivity index (χ3v) is 4.30. The van der Waals surface area contributed by atoms with Gasteiger partial charge < -0.3 is 15.4 Å². The van der Waals surface area contributed by atoms with Crippen molar-refractivity contribution in [1.82, 2.24) is 15.5 Å². The molecule has 0 aliphatic carbocycles. The number of amides is 1. The lowest BCUT2D eigenvalue weighted by atomic mass is 10.1. The average Bonchev–Trinajstić information content (AvgIpc) is 3.15. The maximum absolute atomic E-state index is 12.1. The quantitative estimate of drug-likeness (QED) is 0.794. The van der Waals surface area contributed by atoms with Crippen LogP contribution in [0.25, 0.3) is 0 Å². The lowest BCUT2D eigenvalue weighted by Crippen LogP contribution is -2.27. The minimum atomic E-state index is -0.230. The fraction of sp³-hybridized carbons (Fsp3) is 0.389. The van der Waals surface area contributed by atoms with Gasteiger partial charge in [-0.3, -0.25) is 4.79 Å². The van der Waals surface area contributed by atoms with E-state index in [0.717, 1.165) is 31.4 Å². The molecule has 0 bridgehead atoms. The van der Waals surface area contributed by atoms with Crippen LogP contribution >= 0.6 is 11.6 Å². The van der Waals surface area contributed by atoms with Gasteiger partial charge in [-0.2, -0.15) is 0 Å². The van der Waals surface area contributed by atoms with Crippen LogP contribution in [0.5, 0.6) is 0 Å². The predicted octanol–water partition coefficient (Wildman–Crippen LogP) is 2.69. The second-order valence-electron chi connectivity index (χ2n) is 5.95. The molecule has 2 aromatic rings. The van der Waals surface area contributed by atoms with Crippen LogP contribution in [0.4, 0.5) is 5.82 Å². The van der Waals surface area contributed by atoms with Crippen molar-refractivity contribution in [3.8, 4) is 0 Å². The van der Waals surface area contributed by atoms with Crippen LogP contribution in [-0.2, 0) is 11.2 Å². The number of ether oxygens (including phenoxy) is 1. The van der Waals surface area contributed by atoms with Gasteiger partial charge in [-0.05, 0) is 49.1 Å². The molecule has 1 aliphatic rings. The molecule has 0 saturated carbocycles. The van der Waals surface area contributed by atoms with Crippen molar-refractivity contribution in [2.24, 2.45) is 0 Å². The standard InChI is InChI=1S/C18H21ClN4O2/c19-14-5-3-13(4-6-14)9-10-20-18(24)16-7-8-17(23-22-16)21-12-15-2-1-11-25-15/h3-8,15H,1-2,9-12H2,(H,20,24)(H,21,23). The number of aromatic nitrogens is 2. The molecule has 0 spiro atoms. The number of carbonyl (C=O) groups is 1. The van der Waals surface area contributed by atoms with Gasteiger partial charge in [0.1, 0.15) is 5.82 Å². The summed E-state index contributed by atoms with van der Waals surface area (Å²) in [5.41, 5.74) is 1.42. The number of halogens is 1. The Morgan fingerprint density at radius 1 is 1.20 bits per heavy atom. The molecule has 1 fully saturated rings. The highest BCUT2D eigenvalue weighted by atomic mass is 35.5. The fourth-order valence-corrected chi connectivity index (χ4v) is 2.76. The van der Waals surface area contributed by atoms with E-state index in [-0.39, 0.29) is 12.0 Å². The summed E-state index contributed by atoms with van der Waals surface area (Å²) in [6.07, 6.45) is 3.14. The highest BCUT2D eigenvalue weighted by Crippen LogP contribution is 2.13. The normalized spacial score (nSPS) is 16.6. The van der Waals surface area contributed by atoms with E-state index >= 15 is 0 Å². The number of hydrogen-bond acceptors (Lipinski definition) is 5. The van der Waals surface area contributed by atoms with Gasteiger partial charge in [0, 0.05) is 24.7 Å². The average molecular weight is 361 g/mol. The van der Waals surface area contributed by atoms with Gasteiger partial charge in [-0.15, -0.1) is 10.2 Å². The number of nitrogens with one attached hydrogen (secondary N) is 2. The molecular formula is C18H21ClN4O2. The number of hydrogen-bond donors (Lipinski definition) is 2. The van der Waals surface area contributed by atoms with E-state index in [1.165, 1.54) is 0 Å². The molecule has 1 atom stereocenters. The molecule has 1 aromatic heterocycles. The maximum atomic E-state index is 12.1. The van der Waals surface area contributed by atoms with E-state index in [0.29, 0.717) is 29.6 Å². The minimum Gasteiger partial charge on any atom is -0.376 e. The largest absolute Gasteiger partial charge is 0.376 e. The summed E-state index contributed by atoms with van der Waals surface area (Å²) >= 11 is 5.85. The van der Waals surface area contributed by atoms with Crippen LogP contribution in [0.1, 0.15) is 28.9 Å². The van der Waals surface area contributed by atoms with Crippen molar-refractivity contribution < 1.29 is 9.53 Å². The monoisotopic (exact) mass is 360 g/mol. The van der Waals surface area contributed by atoms with Crippen LogP contribution in [0.15, 0.2) is 36.4 Å². The topological polar surface area (TPSA) is 76.1 Å². The summed E-state index contributed by atoms with van der Waals surface area (Å²) in [5.74, 6) is 0.417. The summed E-state index contributed by atoms with van der Waals surface area (Å²) in [5, 5.41) is 14.8. The van der Waals surface area contributed by atoms with E-state index in [2.05, 4.69) is 20.8 Å². The first-order valence-electron chi connectivity index (χ1n) is 8.42. The summed E-state index contributed by atoms with van der Waals surface area (Å²) in [6, 6.07) is 11.0. The van der Waals surface area contributed by atoms with Gasteiger partial charge in [-0.1, -0.05) is 23.7 Å². The fourth-order valence-electron chi connectivity index (χ4n) is 2.63. The Morgan fingerprint density at radius 3 is 2.72 bits per heavy atom. The van der Waals surface area contributed by atoms with Crippen molar-refractivity contribution in [1.29, 1.82) is 0 Å². The lowest BCUT2D eigenvalue weighted by Gasteiger charge is -2.11. The van der Waals surface area contributed by atoms with Gasteiger partial charge >= 0.3 is 0 Å². The van der Waals surface area contributed by atoms with Crippen LogP contribution < -0.4 is 10.6 Å². The van der Waals surface area contributed by atoms with Gasteiger partial charge in [0.05, 0.1) is 6.10 Å². The first-order chi connectivity index (χ1) is 12.2. The molecular weight excluding hydrogens is 340 g/mol. The number of anilines is 1. The van der Waals surface area contributed by atoms with Crippen molar-refractivity contribution >= 4 is 23.3 Å². The summed E-state index contributed by atoms with van der Waals surface area (Å²) < 4.78 is 5.54.